The maximum Gasteiger partial charge on any atom is -0.000673 e. The second-order valence-electron chi connectivity index (χ2n) is 16.2. The summed E-state index contributed by atoms with van der Waals surface area (Å²) in [5.41, 5.74) is 7.59. The van der Waals surface area contributed by atoms with Gasteiger partial charge >= 0.3 is 0 Å². The zero-order valence-electron chi connectivity index (χ0n) is 31.5. The summed E-state index contributed by atoms with van der Waals surface area (Å²) in [5.74, 6) is 0. The van der Waals surface area contributed by atoms with Gasteiger partial charge in [-0.25, -0.2) is 0 Å². The molecule has 0 aliphatic heterocycles. The first-order valence-corrected chi connectivity index (χ1v) is 20.4. The smallest absolute Gasteiger partial charge is 0.000673 e. The molecule has 0 aromatic heterocycles. The molecule has 0 bridgehead atoms. The zero-order valence-corrected chi connectivity index (χ0v) is 31.5. The molecule has 14 aromatic rings. The van der Waals surface area contributed by atoms with Gasteiger partial charge in [0.1, 0.15) is 0 Å². The maximum absolute atomic E-state index is 2.56. The van der Waals surface area contributed by atoms with Gasteiger partial charge in [-0.1, -0.05) is 188 Å². The van der Waals surface area contributed by atoms with E-state index in [-0.39, 0.29) is 0 Å². The van der Waals surface area contributed by atoms with Crippen molar-refractivity contribution >= 4 is 108 Å². The van der Waals surface area contributed by atoms with Crippen LogP contribution in [0.5, 0.6) is 0 Å². The SMILES string of the molecule is c1ccc(-c2ccccc2-c2ccc3c4c2cccc4c2c4c(cc5c(-c6ccccc6)c6c7cccc8cccc(c87)c6c3c52)c2cccc3cccc4c32)cc1. The Hall–Kier alpha value is -7.54. The predicted molar refractivity (Wildman–Crippen MR) is 251 cm³/mol. The Kier molecular flexibility index (Phi) is 5.85. The lowest BCUT2D eigenvalue weighted by atomic mass is 9.81. The summed E-state index contributed by atoms with van der Waals surface area (Å²) in [4.78, 5) is 0. The third kappa shape index (κ3) is 3.76. The molecule has 14 aromatic carbocycles. The van der Waals surface area contributed by atoms with E-state index in [1.807, 2.05) is 0 Å². The normalized spacial score (nSPS) is 12.5. The molecule has 0 N–H and O–H groups in total. The topological polar surface area (TPSA) is 0 Å². The third-order valence-electron chi connectivity index (χ3n) is 13.4. The van der Waals surface area contributed by atoms with E-state index in [9.17, 15) is 0 Å². The van der Waals surface area contributed by atoms with Crippen LogP contribution in [0, 0.1) is 0 Å². The molecule has 58 heavy (non-hydrogen) atoms. The molecule has 0 amide bonds. The Morgan fingerprint density at radius 2 is 0.655 bits per heavy atom. The Labute approximate surface area is 333 Å². The van der Waals surface area contributed by atoms with Crippen molar-refractivity contribution in [3.63, 3.8) is 0 Å². The number of hydrogen-bond donors (Lipinski definition) is 0. The fourth-order valence-corrected chi connectivity index (χ4v) is 11.3. The first-order valence-electron chi connectivity index (χ1n) is 20.4. The highest BCUT2D eigenvalue weighted by Gasteiger charge is 2.28. The highest BCUT2D eigenvalue weighted by atomic mass is 14.3. The van der Waals surface area contributed by atoms with Crippen molar-refractivity contribution in [3.05, 3.63) is 194 Å². The minimum atomic E-state index is 1.23. The highest BCUT2D eigenvalue weighted by Crippen LogP contribution is 2.56. The molecule has 0 spiro atoms. The molecule has 0 saturated heterocycles. The molecule has 0 atom stereocenters. The van der Waals surface area contributed by atoms with E-state index in [0.717, 1.165) is 0 Å². The molecule has 0 unspecified atom stereocenters. The fourth-order valence-electron chi connectivity index (χ4n) is 11.3. The largest absolute Gasteiger partial charge is 0.0622 e. The van der Waals surface area contributed by atoms with E-state index in [4.69, 9.17) is 0 Å². The van der Waals surface area contributed by atoms with Crippen LogP contribution in [0.3, 0.4) is 0 Å². The van der Waals surface area contributed by atoms with Gasteiger partial charge in [0.2, 0.25) is 0 Å². The van der Waals surface area contributed by atoms with Gasteiger partial charge in [-0.15, -0.1) is 0 Å². The molecule has 0 aliphatic carbocycles. The number of hydrogen-bond acceptors (Lipinski definition) is 0. The molecule has 264 valence electrons. The molecular weight excluding hydrogens is 697 g/mol. The van der Waals surface area contributed by atoms with Gasteiger partial charge in [-0.3, -0.25) is 0 Å². The van der Waals surface area contributed by atoms with E-state index in [0.29, 0.717) is 0 Å². The van der Waals surface area contributed by atoms with Crippen molar-refractivity contribution in [3.8, 4) is 33.4 Å². The molecular formula is C58H32. The van der Waals surface area contributed by atoms with Crippen LogP contribution in [0.1, 0.15) is 0 Å². The summed E-state index contributed by atoms with van der Waals surface area (Å²) in [6.07, 6.45) is 0. The van der Waals surface area contributed by atoms with Gasteiger partial charge in [0.25, 0.3) is 0 Å². The van der Waals surface area contributed by atoms with Crippen LogP contribution in [0.15, 0.2) is 194 Å². The van der Waals surface area contributed by atoms with Crippen LogP contribution in [-0.2, 0) is 0 Å². The minimum Gasteiger partial charge on any atom is -0.0622 e. The van der Waals surface area contributed by atoms with Gasteiger partial charge in [-0.2, -0.15) is 0 Å². The molecule has 0 saturated carbocycles. The number of fused-ring (bicyclic) bond motifs is 10. The summed E-state index contributed by atoms with van der Waals surface area (Å²) in [7, 11) is 0. The average Bonchev–Trinajstić information content (AvgIpc) is 3.80. The predicted octanol–water partition coefficient (Wildman–Crippen LogP) is 16.5. The Morgan fingerprint density at radius 1 is 0.190 bits per heavy atom. The number of rotatable bonds is 3. The second-order valence-corrected chi connectivity index (χ2v) is 16.2. The second kappa shape index (κ2) is 11.1. The first kappa shape index (κ1) is 30.7. The first-order chi connectivity index (χ1) is 28.8. The Morgan fingerprint density at radius 3 is 1.36 bits per heavy atom. The van der Waals surface area contributed by atoms with E-state index >= 15 is 0 Å². The van der Waals surface area contributed by atoms with E-state index in [1.165, 1.54) is 141 Å². The summed E-state index contributed by atoms with van der Waals surface area (Å²) < 4.78 is 0. The summed E-state index contributed by atoms with van der Waals surface area (Å²) >= 11 is 0. The van der Waals surface area contributed by atoms with Crippen molar-refractivity contribution in [2.75, 3.05) is 0 Å². The quantitative estimate of drug-likeness (QED) is 0.126. The zero-order chi connectivity index (χ0) is 37.6. The minimum absolute atomic E-state index is 1.23. The summed E-state index contributed by atoms with van der Waals surface area (Å²) in [5, 5.41) is 26.7. The highest BCUT2D eigenvalue weighted by molar-refractivity contribution is 6.53. The third-order valence-corrected chi connectivity index (χ3v) is 13.4. The van der Waals surface area contributed by atoms with Crippen molar-refractivity contribution < 1.29 is 0 Å². The van der Waals surface area contributed by atoms with Crippen LogP contribution in [0.4, 0.5) is 0 Å². The van der Waals surface area contributed by atoms with Crippen LogP contribution >= 0.6 is 0 Å². The van der Waals surface area contributed by atoms with Crippen molar-refractivity contribution in [2.45, 2.75) is 0 Å². The molecule has 0 aliphatic rings. The summed E-state index contributed by atoms with van der Waals surface area (Å²) in [6.45, 7) is 0. The van der Waals surface area contributed by atoms with Crippen molar-refractivity contribution in [1.29, 1.82) is 0 Å². The van der Waals surface area contributed by atoms with E-state index in [2.05, 4.69) is 194 Å². The van der Waals surface area contributed by atoms with Crippen LogP contribution < -0.4 is 0 Å². The van der Waals surface area contributed by atoms with Crippen molar-refractivity contribution in [2.24, 2.45) is 0 Å². The number of benzene rings is 12. The standard InChI is InChI=1S/C58H32/c1-3-14-33(15-4-1)37-22-7-8-23-38(37)39-30-31-46-52-40(39)25-13-29-45(52)55-53-42-26-10-19-34-18-9-24-41(49(34)42)47(53)32-48-51(36-16-5-2-6-17-36)54-43-27-11-20-35-21-12-28-44(50(35)43)56(54)57(46)58(48)55/h1-32H. The molecule has 0 radical (unpaired) electrons. The lowest BCUT2D eigenvalue weighted by Crippen LogP contribution is -1.93. The van der Waals surface area contributed by atoms with Gasteiger partial charge in [0, 0.05) is 0 Å². The Balaban J connectivity index is 1.31. The van der Waals surface area contributed by atoms with E-state index in [1.54, 1.807) is 0 Å². The molecule has 0 heterocycles. The van der Waals surface area contributed by atoms with Crippen LogP contribution in [0.2, 0.25) is 0 Å². The lowest BCUT2D eigenvalue weighted by Gasteiger charge is -2.22. The fraction of sp³-hybridized carbons (Fsp3) is 0. The maximum atomic E-state index is 2.56. The van der Waals surface area contributed by atoms with Crippen LogP contribution in [0.25, 0.3) is 141 Å². The van der Waals surface area contributed by atoms with Gasteiger partial charge < -0.3 is 0 Å². The monoisotopic (exact) mass is 728 g/mol. The lowest BCUT2D eigenvalue weighted by molar-refractivity contribution is 1.60. The molecule has 0 heteroatoms. The van der Waals surface area contributed by atoms with Gasteiger partial charge in [0.05, 0.1) is 0 Å². The Bertz CT molecular complexity index is 3960. The molecule has 0 fully saturated rings. The van der Waals surface area contributed by atoms with Gasteiger partial charge in [-0.05, 0) is 147 Å². The average molecular weight is 729 g/mol. The van der Waals surface area contributed by atoms with E-state index < -0.39 is 0 Å². The molecule has 0 nitrogen and oxygen atoms in total. The summed E-state index contributed by atoms with van der Waals surface area (Å²) in [6, 6.07) is 73.0. The van der Waals surface area contributed by atoms with Crippen molar-refractivity contribution in [1.82, 2.24) is 0 Å². The van der Waals surface area contributed by atoms with Gasteiger partial charge in [0.15, 0.2) is 0 Å². The van der Waals surface area contributed by atoms with Crippen LogP contribution in [-0.4, -0.2) is 0 Å². The molecule has 14 rings (SSSR count).